The van der Waals surface area contributed by atoms with Gasteiger partial charge in [0.25, 0.3) is 5.91 Å². The van der Waals surface area contributed by atoms with Crippen LogP contribution in [0, 0.1) is 0 Å². The lowest BCUT2D eigenvalue weighted by Crippen LogP contribution is -2.30. The Morgan fingerprint density at radius 3 is 2.35 bits per heavy atom. The van der Waals surface area contributed by atoms with E-state index in [-0.39, 0.29) is 5.91 Å². The summed E-state index contributed by atoms with van der Waals surface area (Å²) in [5.41, 5.74) is 4.08. The quantitative estimate of drug-likeness (QED) is 0.325. The van der Waals surface area contributed by atoms with Crippen molar-refractivity contribution in [3.8, 4) is 28.1 Å². The molecule has 0 aliphatic carbocycles. The summed E-state index contributed by atoms with van der Waals surface area (Å²) < 4.78 is 5.65. The summed E-state index contributed by atoms with van der Waals surface area (Å²) in [5, 5.41) is 6.06. The molecule has 0 bridgehead atoms. The molecule has 0 spiro atoms. The van der Waals surface area contributed by atoms with Crippen LogP contribution < -0.4 is 10.1 Å². The highest BCUT2D eigenvalue weighted by Crippen LogP contribution is 2.30. The molecule has 0 saturated heterocycles. The minimum Gasteiger partial charge on any atom is -0.479 e. The molecule has 31 heavy (non-hydrogen) atoms. The molecule has 1 unspecified atom stereocenters. The largest absolute Gasteiger partial charge is 0.479 e. The summed E-state index contributed by atoms with van der Waals surface area (Å²) in [5.74, 6) is 0.0818. The number of hydrogen-bond acceptors (Lipinski definition) is 4. The first-order valence-corrected chi connectivity index (χ1v) is 11.2. The number of nitrogens with zero attached hydrogens (tertiary/aromatic N) is 1. The predicted molar refractivity (Wildman–Crippen MR) is 128 cm³/mol. The van der Waals surface area contributed by atoms with E-state index in [0.717, 1.165) is 22.4 Å². The van der Waals surface area contributed by atoms with Crippen molar-refractivity contribution in [3.05, 3.63) is 88.2 Å². The van der Waals surface area contributed by atoms with Gasteiger partial charge < -0.3 is 4.74 Å². The molecule has 4 rings (SSSR count). The smallest absolute Gasteiger partial charge is 0.266 e. The Morgan fingerprint density at radius 2 is 1.65 bits per heavy atom. The Bertz CT molecular complexity index is 1190. The van der Waals surface area contributed by atoms with Crippen molar-refractivity contribution in [2.75, 3.05) is 5.32 Å². The lowest BCUT2D eigenvalue weighted by Gasteiger charge is -2.14. The topological polar surface area (TPSA) is 51.2 Å². The van der Waals surface area contributed by atoms with Crippen LogP contribution in [0.25, 0.3) is 22.4 Å². The first-order chi connectivity index (χ1) is 15.0. The van der Waals surface area contributed by atoms with Gasteiger partial charge in [-0.1, -0.05) is 77.8 Å². The third-order valence-corrected chi connectivity index (χ3v) is 5.88. The number of carbonyl (C=O) groups excluding carboxylic acids is 1. The molecule has 0 fully saturated rings. The summed E-state index contributed by atoms with van der Waals surface area (Å²) in [7, 11) is 0. The second-order valence-corrected chi connectivity index (χ2v) is 8.51. The molecule has 0 saturated carbocycles. The van der Waals surface area contributed by atoms with Gasteiger partial charge in [0, 0.05) is 16.0 Å². The van der Waals surface area contributed by atoms with Crippen molar-refractivity contribution in [1.82, 2.24) is 4.98 Å². The van der Waals surface area contributed by atoms with Crippen molar-refractivity contribution in [1.29, 1.82) is 0 Å². The van der Waals surface area contributed by atoms with Crippen LogP contribution in [0.1, 0.15) is 6.92 Å². The Labute approximate surface area is 194 Å². The van der Waals surface area contributed by atoms with Crippen LogP contribution in [-0.4, -0.2) is 17.0 Å². The minimum atomic E-state index is -0.754. The van der Waals surface area contributed by atoms with Gasteiger partial charge in [-0.3, -0.25) is 10.1 Å². The Balaban J connectivity index is 1.41. The van der Waals surface area contributed by atoms with Crippen LogP contribution in [-0.2, 0) is 4.79 Å². The van der Waals surface area contributed by atoms with E-state index in [1.54, 1.807) is 25.1 Å². The van der Waals surface area contributed by atoms with E-state index in [1.165, 1.54) is 11.3 Å². The molecule has 156 valence electrons. The van der Waals surface area contributed by atoms with Gasteiger partial charge >= 0.3 is 0 Å². The second-order valence-electron chi connectivity index (χ2n) is 6.81. The zero-order valence-corrected chi connectivity index (χ0v) is 18.8. The van der Waals surface area contributed by atoms with Crippen LogP contribution in [0.15, 0.2) is 78.2 Å². The van der Waals surface area contributed by atoms with Crippen molar-refractivity contribution in [2.24, 2.45) is 0 Å². The van der Waals surface area contributed by atoms with Crippen LogP contribution in [0.2, 0.25) is 10.0 Å². The molecule has 1 N–H and O–H groups in total. The number of thiazole rings is 1. The van der Waals surface area contributed by atoms with Gasteiger partial charge in [0.15, 0.2) is 11.2 Å². The summed E-state index contributed by atoms with van der Waals surface area (Å²) in [6.07, 6.45) is -0.754. The number of aromatic nitrogens is 1. The van der Waals surface area contributed by atoms with E-state index >= 15 is 0 Å². The average Bonchev–Trinajstić information content (AvgIpc) is 3.25. The minimum absolute atomic E-state index is 0.314. The van der Waals surface area contributed by atoms with Crippen molar-refractivity contribution in [2.45, 2.75) is 13.0 Å². The number of ether oxygens (including phenoxy) is 1. The van der Waals surface area contributed by atoms with Crippen LogP contribution >= 0.6 is 34.5 Å². The molecule has 1 aromatic heterocycles. The highest BCUT2D eigenvalue weighted by molar-refractivity contribution is 7.14. The van der Waals surface area contributed by atoms with E-state index in [2.05, 4.69) is 34.6 Å². The van der Waals surface area contributed by atoms with E-state index in [1.807, 2.05) is 35.7 Å². The molecule has 0 aliphatic rings. The van der Waals surface area contributed by atoms with E-state index in [4.69, 9.17) is 27.9 Å². The Kier molecular flexibility index (Phi) is 6.56. The van der Waals surface area contributed by atoms with E-state index < -0.39 is 6.10 Å². The highest BCUT2D eigenvalue weighted by atomic mass is 35.5. The maximum atomic E-state index is 12.5. The van der Waals surface area contributed by atoms with Crippen molar-refractivity contribution < 1.29 is 9.53 Å². The summed E-state index contributed by atoms with van der Waals surface area (Å²) in [6, 6.07) is 23.2. The zero-order chi connectivity index (χ0) is 21.8. The second kappa shape index (κ2) is 9.52. The fourth-order valence-corrected chi connectivity index (χ4v) is 4.13. The molecule has 7 heteroatoms. The van der Waals surface area contributed by atoms with Gasteiger partial charge in [-0.25, -0.2) is 4.98 Å². The average molecular weight is 469 g/mol. The number of hydrogen-bond donors (Lipinski definition) is 1. The van der Waals surface area contributed by atoms with Gasteiger partial charge in [0.1, 0.15) is 5.75 Å². The lowest BCUT2D eigenvalue weighted by atomic mass is 10.0. The standard InChI is InChI=1S/C24H18Cl2N2O2S/c1-15(30-22-12-11-19(25)13-20(22)26)23(29)28-24-27-21(14-31-24)18-9-7-17(8-10-18)16-5-3-2-4-6-16/h2-15H,1H3,(H,27,28,29). The van der Waals surface area contributed by atoms with Gasteiger partial charge in [0.05, 0.1) is 10.7 Å². The Morgan fingerprint density at radius 1 is 0.968 bits per heavy atom. The number of anilines is 1. The zero-order valence-electron chi connectivity index (χ0n) is 16.5. The monoisotopic (exact) mass is 468 g/mol. The third kappa shape index (κ3) is 5.25. The van der Waals surface area contributed by atoms with Crippen LogP contribution in [0.5, 0.6) is 5.75 Å². The Hall–Kier alpha value is -2.86. The molecule has 0 aliphatic heterocycles. The summed E-state index contributed by atoms with van der Waals surface area (Å²) in [6.45, 7) is 1.65. The molecular weight excluding hydrogens is 451 g/mol. The molecule has 3 aromatic carbocycles. The maximum absolute atomic E-state index is 12.5. The number of carbonyl (C=O) groups is 1. The van der Waals surface area contributed by atoms with Gasteiger partial charge in [-0.15, -0.1) is 11.3 Å². The number of halogens is 2. The van der Waals surface area contributed by atoms with Crippen LogP contribution in [0.3, 0.4) is 0 Å². The molecular formula is C24H18Cl2N2O2S. The number of amides is 1. The molecule has 0 radical (unpaired) electrons. The van der Waals surface area contributed by atoms with Gasteiger partial charge in [0.2, 0.25) is 0 Å². The normalized spacial score (nSPS) is 11.7. The van der Waals surface area contributed by atoms with Gasteiger partial charge in [-0.05, 0) is 36.2 Å². The molecule has 1 atom stereocenters. The molecule has 1 heterocycles. The first-order valence-electron chi connectivity index (χ1n) is 9.53. The SMILES string of the molecule is CC(Oc1ccc(Cl)cc1Cl)C(=O)Nc1nc(-c2ccc(-c3ccccc3)cc2)cs1. The van der Waals surface area contributed by atoms with Crippen molar-refractivity contribution in [3.63, 3.8) is 0 Å². The highest BCUT2D eigenvalue weighted by Gasteiger charge is 2.18. The molecule has 1 amide bonds. The number of rotatable bonds is 6. The van der Waals surface area contributed by atoms with Crippen molar-refractivity contribution >= 4 is 45.6 Å². The maximum Gasteiger partial charge on any atom is 0.266 e. The lowest BCUT2D eigenvalue weighted by molar-refractivity contribution is -0.122. The number of benzene rings is 3. The van der Waals surface area contributed by atoms with E-state index in [0.29, 0.717) is 20.9 Å². The molecule has 4 nitrogen and oxygen atoms in total. The van der Waals surface area contributed by atoms with Gasteiger partial charge in [-0.2, -0.15) is 0 Å². The summed E-state index contributed by atoms with van der Waals surface area (Å²) >= 11 is 13.4. The fourth-order valence-electron chi connectivity index (χ4n) is 2.95. The predicted octanol–water partition coefficient (Wildman–Crippen LogP) is 7.19. The van der Waals surface area contributed by atoms with Crippen LogP contribution in [0.4, 0.5) is 5.13 Å². The fraction of sp³-hybridized carbons (Fsp3) is 0.0833. The molecule has 4 aromatic rings. The third-order valence-electron chi connectivity index (χ3n) is 4.59. The number of nitrogens with one attached hydrogen (secondary N) is 1. The van der Waals surface area contributed by atoms with E-state index in [9.17, 15) is 4.79 Å². The summed E-state index contributed by atoms with van der Waals surface area (Å²) in [4.78, 5) is 17.0. The first kappa shape index (κ1) is 21.4.